The van der Waals surface area contributed by atoms with Gasteiger partial charge in [0.25, 0.3) is 0 Å². The van der Waals surface area contributed by atoms with Crippen LogP contribution in [0.3, 0.4) is 0 Å². The third kappa shape index (κ3) is 0.977. The van der Waals surface area contributed by atoms with E-state index in [4.69, 9.17) is 0 Å². The molecule has 1 aliphatic rings. The minimum atomic E-state index is -3.25. The van der Waals surface area contributed by atoms with Crippen LogP contribution in [-0.2, 0) is 10.2 Å². The first-order chi connectivity index (χ1) is 4.17. The number of rotatable bonds is 2. The van der Waals surface area contributed by atoms with Crippen molar-refractivity contribution in [3.05, 3.63) is 18.1 Å². The van der Waals surface area contributed by atoms with Crippen LogP contribution in [0, 0.1) is 0 Å². The molecule has 0 aromatic heterocycles. The van der Waals surface area contributed by atoms with Crippen LogP contribution in [0.1, 0.15) is 0 Å². The molecule has 0 atom stereocenters. The van der Waals surface area contributed by atoms with Gasteiger partial charge in [-0.2, -0.15) is 8.42 Å². The third-order valence-electron chi connectivity index (χ3n) is 0.939. The topological polar surface area (TPSA) is 49.4 Å². The van der Waals surface area contributed by atoms with Gasteiger partial charge in [0.05, 0.1) is 12.4 Å². The van der Waals surface area contributed by atoms with Gasteiger partial charge >= 0.3 is 10.2 Å². The van der Waals surface area contributed by atoms with Crippen LogP contribution in [-0.4, -0.2) is 19.8 Å². The second-order valence-electron chi connectivity index (χ2n) is 1.46. The average molecular weight is 146 g/mol. The molecule has 1 heterocycles. The Hall–Kier alpha value is -0.770. The maximum absolute atomic E-state index is 10.7. The summed E-state index contributed by atoms with van der Waals surface area (Å²) in [5.41, 5.74) is 2.56. The summed E-state index contributed by atoms with van der Waals surface area (Å²) < 4.78 is 24.6. The fourth-order valence-corrected chi connectivity index (χ4v) is 0.990. The molecule has 1 rings (SSSR count). The van der Waals surface area contributed by atoms with Crippen LogP contribution < -0.4 is 4.72 Å². The van der Waals surface area contributed by atoms with Crippen molar-refractivity contribution in [3.63, 3.8) is 0 Å². The van der Waals surface area contributed by atoms with Gasteiger partial charge in [-0.1, -0.05) is 5.73 Å². The molecule has 0 aromatic rings. The van der Waals surface area contributed by atoms with E-state index in [1.54, 1.807) is 0 Å². The molecule has 50 valence electrons. The lowest BCUT2D eigenvalue weighted by atomic mass is 10.7. The highest BCUT2D eigenvalue weighted by atomic mass is 32.2. The van der Waals surface area contributed by atoms with Gasteiger partial charge in [0.2, 0.25) is 0 Å². The Morgan fingerprint density at radius 3 is 2.22 bits per heavy atom. The van der Waals surface area contributed by atoms with E-state index in [0.717, 1.165) is 4.31 Å². The molecule has 1 aliphatic heterocycles. The molecule has 0 unspecified atom stereocenters. The molecule has 0 spiro atoms. The lowest BCUT2D eigenvalue weighted by molar-refractivity contribution is 0.538. The maximum atomic E-state index is 10.7. The monoisotopic (exact) mass is 146 g/mol. The molecule has 0 radical (unpaired) electrons. The lowest BCUT2D eigenvalue weighted by Crippen LogP contribution is -2.33. The van der Waals surface area contributed by atoms with E-state index in [-0.39, 0.29) is 0 Å². The Labute approximate surface area is 53.7 Å². The van der Waals surface area contributed by atoms with Crippen LogP contribution in [0.4, 0.5) is 0 Å². The molecule has 1 N–H and O–H groups in total. The quantitative estimate of drug-likeness (QED) is 0.528. The summed E-state index contributed by atoms with van der Waals surface area (Å²) in [6.07, 6.45) is 2.68. The van der Waals surface area contributed by atoms with Crippen LogP contribution >= 0.6 is 0 Å². The summed E-state index contributed by atoms with van der Waals surface area (Å²) in [6.45, 7) is 0. The van der Waals surface area contributed by atoms with Crippen LogP contribution in [0.2, 0.25) is 0 Å². The van der Waals surface area contributed by atoms with Gasteiger partial charge in [0.15, 0.2) is 0 Å². The van der Waals surface area contributed by atoms with E-state index in [1.807, 2.05) is 0 Å². The Morgan fingerprint density at radius 1 is 1.56 bits per heavy atom. The van der Waals surface area contributed by atoms with E-state index in [1.165, 1.54) is 19.4 Å². The predicted octanol–water partition coefficient (Wildman–Crippen LogP) is -0.607. The standard InChI is InChI=1S/C4H6N2O2S/c1-5-9(7,8)6-3-2-4-6/h3-5H,1H3. The van der Waals surface area contributed by atoms with Gasteiger partial charge in [-0.05, 0) is 0 Å². The molecule has 4 nitrogen and oxygen atoms in total. The average Bonchev–Trinajstić information content (AvgIpc) is 1.60. The second kappa shape index (κ2) is 1.88. The number of hydrogen-bond acceptors (Lipinski definition) is 2. The lowest BCUT2D eigenvalue weighted by Gasteiger charge is -2.15. The fraction of sp³-hybridized carbons (Fsp3) is 0.250. The first-order valence-corrected chi connectivity index (χ1v) is 3.75. The van der Waals surface area contributed by atoms with E-state index in [9.17, 15) is 8.42 Å². The van der Waals surface area contributed by atoms with Crippen LogP contribution in [0.5, 0.6) is 0 Å². The normalized spacial score (nSPS) is 15.9. The van der Waals surface area contributed by atoms with Crippen molar-refractivity contribution in [3.8, 4) is 0 Å². The van der Waals surface area contributed by atoms with Gasteiger partial charge in [-0.25, -0.2) is 9.03 Å². The zero-order valence-electron chi connectivity index (χ0n) is 4.83. The van der Waals surface area contributed by atoms with Crippen LogP contribution in [0.15, 0.2) is 18.1 Å². The first-order valence-electron chi connectivity index (χ1n) is 2.31. The Bertz CT molecular complexity index is 252. The van der Waals surface area contributed by atoms with Gasteiger partial charge in [0, 0.05) is 7.05 Å². The van der Waals surface area contributed by atoms with Gasteiger partial charge in [0.1, 0.15) is 0 Å². The maximum Gasteiger partial charge on any atom is 0.305 e. The van der Waals surface area contributed by atoms with Crippen molar-refractivity contribution in [2.75, 3.05) is 7.05 Å². The van der Waals surface area contributed by atoms with E-state index in [0.29, 0.717) is 0 Å². The van der Waals surface area contributed by atoms with Crippen molar-refractivity contribution in [1.82, 2.24) is 9.03 Å². The highest BCUT2D eigenvalue weighted by Crippen LogP contribution is 2.03. The molecule has 0 saturated heterocycles. The molecule has 5 heteroatoms. The molecule has 0 aliphatic carbocycles. The smallest absolute Gasteiger partial charge is 0.225 e. The molecular weight excluding hydrogens is 140 g/mol. The van der Waals surface area contributed by atoms with Gasteiger partial charge in [-0.15, -0.1) is 0 Å². The Morgan fingerprint density at radius 2 is 2.11 bits per heavy atom. The molecule has 0 amide bonds. The number of nitrogens with one attached hydrogen (secondary N) is 1. The van der Waals surface area contributed by atoms with Gasteiger partial charge in [-0.3, -0.25) is 0 Å². The largest absolute Gasteiger partial charge is 0.305 e. The zero-order chi connectivity index (χ0) is 6.91. The summed E-state index contributed by atoms with van der Waals surface area (Å²) in [5, 5.41) is 0. The highest BCUT2D eigenvalue weighted by molar-refractivity contribution is 7.87. The Balaban J connectivity index is 2.75. The molecule has 0 bridgehead atoms. The highest BCUT2D eigenvalue weighted by Gasteiger charge is 2.15. The van der Waals surface area contributed by atoms with Crippen LogP contribution in [0.25, 0.3) is 0 Å². The van der Waals surface area contributed by atoms with Crippen molar-refractivity contribution in [1.29, 1.82) is 0 Å². The molecular formula is C4H6N2O2S. The Kier molecular flexibility index (Phi) is 1.32. The van der Waals surface area contributed by atoms with Crippen molar-refractivity contribution in [2.24, 2.45) is 0 Å². The molecule has 0 aromatic carbocycles. The van der Waals surface area contributed by atoms with Crippen molar-refractivity contribution < 1.29 is 8.42 Å². The third-order valence-corrected chi connectivity index (χ3v) is 2.22. The van der Waals surface area contributed by atoms with E-state index in [2.05, 4.69) is 10.5 Å². The molecule has 9 heavy (non-hydrogen) atoms. The predicted molar refractivity (Wildman–Crippen MR) is 32.5 cm³/mol. The van der Waals surface area contributed by atoms with E-state index >= 15 is 0 Å². The van der Waals surface area contributed by atoms with Crippen molar-refractivity contribution in [2.45, 2.75) is 0 Å². The summed E-state index contributed by atoms with van der Waals surface area (Å²) >= 11 is 0. The van der Waals surface area contributed by atoms with Gasteiger partial charge < -0.3 is 0 Å². The van der Waals surface area contributed by atoms with E-state index < -0.39 is 10.2 Å². The second-order valence-corrected chi connectivity index (χ2v) is 3.24. The number of hydrogen-bond donors (Lipinski definition) is 1. The summed E-state index contributed by atoms with van der Waals surface area (Å²) in [6, 6.07) is 0. The van der Waals surface area contributed by atoms with Crippen molar-refractivity contribution >= 4 is 10.2 Å². The fourth-order valence-electron chi connectivity index (χ4n) is 0.380. The SMILES string of the molecule is CNS(=O)(=O)N1C=C=C1. The minimum absolute atomic E-state index is 1.05. The number of nitrogens with zero attached hydrogens (tertiary/aromatic N) is 1. The summed E-state index contributed by atoms with van der Waals surface area (Å²) in [4.78, 5) is 0. The zero-order valence-corrected chi connectivity index (χ0v) is 5.64. The first kappa shape index (κ1) is 6.35. The summed E-state index contributed by atoms with van der Waals surface area (Å²) in [5.74, 6) is 0. The minimum Gasteiger partial charge on any atom is -0.225 e. The molecule has 0 saturated carbocycles. The summed E-state index contributed by atoms with van der Waals surface area (Å²) in [7, 11) is -1.90. The molecule has 0 fully saturated rings.